The standard InChI is InChI=1S/C41H47N4O9P/c1-27(2)45(28(3)4)55(52-24-10-22-42)54-37-36-38(44-23-21-35(47)43-39(44)48)53-40(37,26-51-36)34(25-46)41(29-11-8-7-9-12-29,30-13-17-32(49-5)18-14-30)31-15-19-33(50-6)20-16-31/h7-9,11-21,23,25,27-28,34,36-38H,10,24,26H2,1-6H3,(H,43,47,48)/t34?,36-,37+,38-,40+,55?/m1/s1. The molecular weight excluding hydrogens is 723 g/mol. The Kier molecular flexibility index (Phi) is 12.4. The third kappa shape index (κ3) is 7.38. The quantitative estimate of drug-likeness (QED) is 0.0606. The van der Waals surface area contributed by atoms with Crippen molar-refractivity contribution in [3.63, 3.8) is 0 Å². The number of carbonyl (C=O) groups excluding carboxylic acids is 1. The molecule has 1 N–H and O–H groups in total. The minimum Gasteiger partial charge on any atom is -0.497 e. The van der Waals surface area contributed by atoms with E-state index >= 15 is 0 Å². The minimum absolute atomic E-state index is 0.0356. The van der Waals surface area contributed by atoms with Gasteiger partial charge >= 0.3 is 5.69 Å². The van der Waals surface area contributed by atoms with E-state index in [0.717, 1.165) is 23.0 Å². The van der Waals surface area contributed by atoms with Gasteiger partial charge in [-0.25, -0.2) is 9.46 Å². The Bertz CT molecular complexity index is 2010. The fourth-order valence-electron chi connectivity index (χ4n) is 8.05. The van der Waals surface area contributed by atoms with Gasteiger partial charge in [-0.15, -0.1) is 0 Å². The summed E-state index contributed by atoms with van der Waals surface area (Å²) in [6.45, 7) is 8.15. The van der Waals surface area contributed by atoms with E-state index in [9.17, 15) is 19.6 Å². The number of nitrogens with one attached hydrogen (secondary N) is 1. The molecule has 14 heteroatoms. The molecule has 0 amide bonds. The largest absolute Gasteiger partial charge is 0.497 e. The predicted molar refractivity (Wildman–Crippen MR) is 206 cm³/mol. The van der Waals surface area contributed by atoms with E-state index in [0.29, 0.717) is 11.5 Å². The van der Waals surface area contributed by atoms with E-state index < -0.39 is 55.1 Å². The van der Waals surface area contributed by atoms with Gasteiger partial charge in [0.2, 0.25) is 0 Å². The van der Waals surface area contributed by atoms with Gasteiger partial charge in [-0.2, -0.15) is 5.26 Å². The number of methoxy groups -OCH3 is 2. The minimum atomic E-state index is -1.89. The third-order valence-corrected chi connectivity index (χ3v) is 12.5. The van der Waals surface area contributed by atoms with E-state index in [1.165, 1.54) is 16.8 Å². The maximum Gasteiger partial charge on any atom is 0.330 e. The van der Waals surface area contributed by atoms with Crippen LogP contribution >= 0.6 is 8.53 Å². The number of rotatable bonds is 17. The first kappa shape index (κ1) is 40.0. The van der Waals surface area contributed by atoms with Crippen molar-refractivity contribution in [2.24, 2.45) is 5.92 Å². The zero-order valence-corrected chi connectivity index (χ0v) is 32.7. The molecule has 2 bridgehead atoms. The van der Waals surface area contributed by atoms with Crippen molar-refractivity contribution in [1.82, 2.24) is 14.2 Å². The molecule has 6 rings (SSSR count). The molecule has 0 radical (unpaired) electrons. The van der Waals surface area contributed by atoms with Gasteiger partial charge in [0.05, 0.1) is 51.3 Å². The van der Waals surface area contributed by atoms with Gasteiger partial charge in [-0.3, -0.25) is 14.3 Å². The zero-order valence-electron chi connectivity index (χ0n) is 31.8. The van der Waals surface area contributed by atoms with Gasteiger partial charge in [0.25, 0.3) is 14.1 Å². The van der Waals surface area contributed by atoms with Crippen LogP contribution in [0.4, 0.5) is 0 Å². The number of aldehydes is 1. The molecule has 2 saturated heterocycles. The second kappa shape index (κ2) is 17.0. The molecule has 55 heavy (non-hydrogen) atoms. The molecule has 2 fully saturated rings. The number of hydrogen-bond donors (Lipinski definition) is 1. The topological polar surface area (TPSA) is 154 Å². The molecular formula is C41H47N4O9P. The van der Waals surface area contributed by atoms with E-state index in [-0.39, 0.29) is 31.7 Å². The Hall–Kier alpha value is -4.67. The van der Waals surface area contributed by atoms with Crippen molar-refractivity contribution < 1.29 is 32.8 Å². The van der Waals surface area contributed by atoms with Crippen LogP contribution in [-0.2, 0) is 28.7 Å². The molecule has 6 atom stereocenters. The number of aromatic amines is 1. The van der Waals surface area contributed by atoms with Crippen LogP contribution in [0.5, 0.6) is 11.5 Å². The molecule has 290 valence electrons. The number of benzene rings is 3. The average Bonchev–Trinajstić information content (AvgIpc) is 3.68. The van der Waals surface area contributed by atoms with E-state index in [2.05, 4.69) is 15.7 Å². The number of hydrogen-bond acceptors (Lipinski definition) is 11. The van der Waals surface area contributed by atoms with Crippen LogP contribution in [0, 0.1) is 17.2 Å². The Morgan fingerprint density at radius 2 is 1.53 bits per heavy atom. The number of ether oxygens (including phenoxy) is 4. The van der Waals surface area contributed by atoms with Crippen LogP contribution in [0.3, 0.4) is 0 Å². The average molecular weight is 771 g/mol. The summed E-state index contributed by atoms with van der Waals surface area (Å²) in [5.41, 5.74) is -1.79. The van der Waals surface area contributed by atoms with E-state index in [4.69, 9.17) is 28.0 Å². The second-order valence-corrected chi connectivity index (χ2v) is 15.5. The summed E-state index contributed by atoms with van der Waals surface area (Å²) in [6, 6.07) is 28.1. The van der Waals surface area contributed by atoms with Gasteiger partial charge in [0.15, 0.2) is 6.23 Å². The Morgan fingerprint density at radius 3 is 2.04 bits per heavy atom. The molecule has 4 aromatic rings. The monoisotopic (exact) mass is 770 g/mol. The van der Waals surface area contributed by atoms with Crippen LogP contribution in [0.25, 0.3) is 0 Å². The Labute approximate surface area is 321 Å². The normalized spacial score (nSPS) is 21.8. The summed E-state index contributed by atoms with van der Waals surface area (Å²) in [6.07, 6.45) is -0.626. The van der Waals surface area contributed by atoms with E-state index in [1.807, 2.05) is 107 Å². The fourth-order valence-corrected chi connectivity index (χ4v) is 9.85. The van der Waals surface area contributed by atoms with Gasteiger partial charge in [-0.05, 0) is 68.7 Å². The maximum absolute atomic E-state index is 14.4. The van der Waals surface area contributed by atoms with Crippen LogP contribution < -0.4 is 20.7 Å². The van der Waals surface area contributed by atoms with Crippen molar-refractivity contribution in [2.45, 2.75) is 75.7 Å². The number of carbonyl (C=O) groups is 1. The van der Waals surface area contributed by atoms with Crippen molar-refractivity contribution >= 4 is 14.8 Å². The molecule has 13 nitrogen and oxygen atoms in total. The summed E-state index contributed by atoms with van der Waals surface area (Å²) in [7, 11) is 1.30. The third-order valence-electron chi connectivity index (χ3n) is 10.3. The number of fused-ring (bicyclic) bond motifs is 2. The Morgan fingerprint density at radius 1 is 0.945 bits per heavy atom. The molecule has 0 spiro atoms. The summed E-state index contributed by atoms with van der Waals surface area (Å²) >= 11 is 0. The lowest BCUT2D eigenvalue weighted by atomic mass is 9.57. The lowest BCUT2D eigenvalue weighted by molar-refractivity contribution is -0.198. The molecule has 2 unspecified atom stereocenters. The molecule has 2 aliphatic heterocycles. The highest BCUT2D eigenvalue weighted by atomic mass is 31.2. The maximum atomic E-state index is 14.4. The highest BCUT2D eigenvalue weighted by Gasteiger charge is 2.71. The summed E-state index contributed by atoms with van der Waals surface area (Å²) in [5.74, 6) is 0.179. The van der Waals surface area contributed by atoms with Crippen LogP contribution in [-0.4, -0.2) is 77.8 Å². The highest BCUT2D eigenvalue weighted by molar-refractivity contribution is 7.44. The SMILES string of the molecule is COc1ccc(C(c2ccccc2)(c2ccc(OC)cc2)C(C=O)[C@]23CO[C@@H]([C@H](n4ccc(=O)[nH]c4=O)O2)[C@@H]3OP(OCCC#N)N(C(C)C)C(C)C)cc1. The highest BCUT2D eigenvalue weighted by Crippen LogP contribution is 2.61. The number of nitriles is 1. The van der Waals surface area contributed by atoms with Gasteiger partial charge in [0, 0.05) is 24.3 Å². The van der Waals surface area contributed by atoms with Crippen molar-refractivity contribution in [2.75, 3.05) is 27.4 Å². The van der Waals surface area contributed by atoms with Crippen LogP contribution in [0.15, 0.2) is 101 Å². The van der Waals surface area contributed by atoms with Crippen LogP contribution in [0.2, 0.25) is 0 Å². The first-order valence-electron chi connectivity index (χ1n) is 18.2. The molecule has 3 aromatic carbocycles. The van der Waals surface area contributed by atoms with Gasteiger partial charge in [0.1, 0.15) is 35.6 Å². The molecule has 0 aliphatic carbocycles. The number of nitrogens with zero attached hydrogens (tertiary/aromatic N) is 3. The lowest BCUT2D eigenvalue weighted by Gasteiger charge is -2.48. The fraction of sp³-hybridized carbons (Fsp3) is 0.415. The molecule has 1 aromatic heterocycles. The number of aromatic nitrogens is 2. The van der Waals surface area contributed by atoms with Crippen LogP contribution in [0.1, 0.15) is 57.0 Å². The molecule has 0 saturated carbocycles. The van der Waals surface area contributed by atoms with Gasteiger partial charge in [-0.1, -0.05) is 54.6 Å². The van der Waals surface area contributed by atoms with Crippen molar-refractivity contribution in [1.29, 1.82) is 5.26 Å². The molecule has 3 heterocycles. The number of H-pyrrole nitrogens is 1. The van der Waals surface area contributed by atoms with Gasteiger partial charge < -0.3 is 32.8 Å². The first-order valence-corrected chi connectivity index (χ1v) is 19.3. The first-order chi connectivity index (χ1) is 26.5. The van der Waals surface area contributed by atoms with Crippen molar-refractivity contribution in [3.05, 3.63) is 129 Å². The van der Waals surface area contributed by atoms with E-state index in [1.54, 1.807) is 14.2 Å². The zero-order chi connectivity index (χ0) is 39.3. The van der Waals surface area contributed by atoms with Crippen molar-refractivity contribution in [3.8, 4) is 17.6 Å². The second-order valence-electron chi connectivity index (χ2n) is 14.1. The molecule has 2 aliphatic rings. The Balaban J connectivity index is 1.64. The summed E-state index contributed by atoms with van der Waals surface area (Å²) < 4.78 is 41.7. The summed E-state index contributed by atoms with van der Waals surface area (Å²) in [5, 5.41) is 9.42. The predicted octanol–water partition coefficient (Wildman–Crippen LogP) is 5.73. The smallest absolute Gasteiger partial charge is 0.330 e. The summed E-state index contributed by atoms with van der Waals surface area (Å²) in [4.78, 5) is 42.3. The lowest BCUT2D eigenvalue weighted by Crippen LogP contribution is -2.58.